The molecule has 5 heterocycles. The lowest BCUT2D eigenvalue weighted by atomic mass is 10.2. The van der Waals surface area contributed by atoms with E-state index in [2.05, 4.69) is 26.1 Å². The number of alkyl halides is 6. The molecule has 0 atom stereocenters. The zero-order chi connectivity index (χ0) is 31.9. The first-order valence-corrected chi connectivity index (χ1v) is 13.0. The number of hydrogen-bond acceptors (Lipinski definition) is 8. The quantitative estimate of drug-likeness (QED) is 0.251. The Balaban J connectivity index is 0.000000303. The molecular formula is C24H20ClF6N5O6S. The number of aromatic amines is 1. The maximum absolute atomic E-state index is 12.6. The van der Waals surface area contributed by atoms with E-state index < -0.39 is 24.3 Å². The van der Waals surface area contributed by atoms with Crippen LogP contribution in [0, 0.1) is 0 Å². The van der Waals surface area contributed by atoms with Gasteiger partial charge in [-0.1, -0.05) is 16.8 Å². The summed E-state index contributed by atoms with van der Waals surface area (Å²) in [5.41, 5.74) is 2.87. The van der Waals surface area contributed by atoms with Crippen LogP contribution in [0.1, 0.15) is 11.4 Å². The summed E-state index contributed by atoms with van der Waals surface area (Å²) in [6, 6.07) is 9.66. The second kappa shape index (κ2) is 13.9. The van der Waals surface area contributed by atoms with Crippen molar-refractivity contribution in [1.29, 1.82) is 0 Å². The minimum Gasteiger partial charge on any atom is -0.475 e. The summed E-state index contributed by atoms with van der Waals surface area (Å²) in [6.07, 6.45) is -6.58. The van der Waals surface area contributed by atoms with E-state index in [0.29, 0.717) is 36.3 Å². The van der Waals surface area contributed by atoms with Gasteiger partial charge in [0.1, 0.15) is 0 Å². The Bertz CT molecular complexity index is 1510. The van der Waals surface area contributed by atoms with Crippen molar-refractivity contribution >= 4 is 51.7 Å². The molecular weight excluding hydrogens is 636 g/mol. The molecule has 0 bridgehead atoms. The highest BCUT2D eigenvalue weighted by molar-refractivity contribution is 7.19. The summed E-state index contributed by atoms with van der Waals surface area (Å²) in [5.74, 6) is -4.70. The molecule has 43 heavy (non-hydrogen) atoms. The summed E-state index contributed by atoms with van der Waals surface area (Å²) < 4.78 is 69.6. The number of hydrogen-bond donors (Lipinski definition) is 3. The fraction of sp³-hybridized carbons (Fsp3) is 0.292. The summed E-state index contributed by atoms with van der Waals surface area (Å²) in [5, 5.41) is 19.5. The largest absolute Gasteiger partial charge is 0.490 e. The molecule has 4 aromatic rings. The number of H-pyrrole nitrogens is 1. The van der Waals surface area contributed by atoms with Crippen molar-refractivity contribution in [2.24, 2.45) is 0 Å². The van der Waals surface area contributed by atoms with Gasteiger partial charge in [0.15, 0.2) is 5.76 Å². The van der Waals surface area contributed by atoms with Gasteiger partial charge in [0.05, 0.1) is 28.0 Å². The van der Waals surface area contributed by atoms with E-state index in [-0.39, 0.29) is 5.91 Å². The molecule has 3 N–H and O–H groups in total. The third kappa shape index (κ3) is 9.97. The van der Waals surface area contributed by atoms with Crippen LogP contribution < -0.4 is 0 Å². The van der Waals surface area contributed by atoms with E-state index >= 15 is 0 Å². The number of nitrogens with one attached hydrogen (secondary N) is 1. The second-order valence-electron chi connectivity index (χ2n) is 8.68. The van der Waals surface area contributed by atoms with Crippen molar-refractivity contribution < 1.29 is 55.5 Å². The average molecular weight is 656 g/mol. The molecule has 5 rings (SSSR count). The highest BCUT2D eigenvalue weighted by atomic mass is 35.5. The monoisotopic (exact) mass is 655 g/mol. The summed E-state index contributed by atoms with van der Waals surface area (Å²) in [6.45, 7) is 3.00. The Hall–Kier alpha value is -4.16. The molecule has 1 aliphatic rings. The van der Waals surface area contributed by atoms with Crippen LogP contribution in [0.25, 0.3) is 21.5 Å². The van der Waals surface area contributed by atoms with Crippen LogP contribution in [0.5, 0.6) is 0 Å². The number of thiophene rings is 1. The molecule has 0 aromatic carbocycles. The molecule has 232 valence electrons. The minimum atomic E-state index is -5.08. The standard InChI is InChI=1S/C20H18ClN5O2S.2C2HF3O2/c21-19-2-1-18(29-19)17-8-15(24-28-17)10-25-5-6-26(20(27)12-25)11-14-7-13-9-22-4-3-16(13)23-14;2*3-2(4,5)1(6)7/h1-4,7-9,23H,5-6,10-12H2;2*(H,6,7). The third-order valence-electron chi connectivity index (χ3n) is 5.48. The smallest absolute Gasteiger partial charge is 0.475 e. The van der Waals surface area contributed by atoms with Gasteiger partial charge in [-0.2, -0.15) is 26.3 Å². The molecule has 4 aromatic heterocycles. The number of carboxylic acids is 2. The summed E-state index contributed by atoms with van der Waals surface area (Å²) >= 11 is 7.44. The van der Waals surface area contributed by atoms with Crippen LogP contribution in [0.2, 0.25) is 4.34 Å². The van der Waals surface area contributed by atoms with Crippen LogP contribution in [0.4, 0.5) is 26.3 Å². The number of pyridine rings is 1. The van der Waals surface area contributed by atoms with Crippen LogP contribution in [-0.2, 0) is 27.5 Å². The number of halogens is 7. The van der Waals surface area contributed by atoms with E-state index in [0.717, 1.165) is 33.7 Å². The molecule has 1 saturated heterocycles. The first-order chi connectivity index (χ1) is 20.0. The molecule has 1 fully saturated rings. The van der Waals surface area contributed by atoms with Crippen molar-refractivity contribution in [1.82, 2.24) is 24.9 Å². The van der Waals surface area contributed by atoms with Gasteiger partial charge < -0.3 is 24.6 Å². The summed E-state index contributed by atoms with van der Waals surface area (Å²) in [4.78, 5) is 42.9. The highest BCUT2D eigenvalue weighted by Crippen LogP contribution is 2.31. The van der Waals surface area contributed by atoms with Crippen LogP contribution in [0.15, 0.2) is 47.2 Å². The van der Waals surface area contributed by atoms with Crippen LogP contribution in [-0.4, -0.2) is 85.0 Å². The van der Waals surface area contributed by atoms with E-state index in [1.165, 1.54) is 11.3 Å². The van der Waals surface area contributed by atoms with E-state index in [1.807, 2.05) is 35.4 Å². The van der Waals surface area contributed by atoms with Crippen LogP contribution in [0.3, 0.4) is 0 Å². The van der Waals surface area contributed by atoms with Gasteiger partial charge in [-0.15, -0.1) is 11.3 Å². The number of aliphatic carboxylic acids is 2. The molecule has 1 aliphatic heterocycles. The van der Waals surface area contributed by atoms with Crippen molar-refractivity contribution in [2.75, 3.05) is 19.6 Å². The third-order valence-corrected chi connectivity index (χ3v) is 6.73. The van der Waals surface area contributed by atoms with Crippen molar-refractivity contribution in [3.05, 3.63) is 58.4 Å². The lowest BCUT2D eigenvalue weighted by molar-refractivity contribution is -0.193. The topological polar surface area (TPSA) is 153 Å². The lowest BCUT2D eigenvalue weighted by Gasteiger charge is -2.33. The van der Waals surface area contributed by atoms with Crippen molar-refractivity contribution in [2.45, 2.75) is 25.4 Å². The number of amides is 1. The van der Waals surface area contributed by atoms with E-state index in [1.54, 1.807) is 6.20 Å². The maximum atomic E-state index is 12.6. The Morgan fingerprint density at radius 1 is 1.02 bits per heavy atom. The zero-order valence-corrected chi connectivity index (χ0v) is 23.0. The van der Waals surface area contributed by atoms with Gasteiger partial charge in [-0.3, -0.25) is 14.7 Å². The molecule has 1 amide bonds. The Morgan fingerprint density at radius 2 is 1.67 bits per heavy atom. The van der Waals surface area contributed by atoms with Gasteiger partial charge in [0, 0.05) is 54.7 Å². The number of carbonyl (C=O) groups is 3. The summed E-state index contributed by atoms with van der Waals surface area (Å²) in [7, 11) is 0. The van der Waals surface area contributed by atoms with Gasteiger partial charge >= 0.3 is 24.3 Å². The first kappa shape index (κ1) is 33.3. The van der Waals surface area contributed by atoms with Crippen molar-refractivity contribution in [3.8, 4) is 10.6 Å². The van der Waals surface area contributed by atoms with Gasteiger partial charge in [-0.05, 0) is 24.3 Å². The Labute approximate surface area is 246 Å². The number of nitrogens with zero attached hydrogens (tertiary/aromatic N) is 4. The Morgan fingerprint density at radius 3 is 2.21 bits per heavy atom. The number of piperazine rings is 1. The molecule has 0 unspecified atom stereocenters. The first-order valence-electron chi connectivity index (χ1n) is 11.8. The van der Waals surface area contributed by atoms with Crippen molar-refractivity contribution in [3.63, 3.8) is 0 Å². The normalized spacial score (nSPS) is 14.1. The second-order valence-corrected chi connectivity index (χ2v) is 10.4. The molecule has 0 saturated carbocycles. The molecule has 11 nitrogen and oxygen atoms in total. The van der Waals surface area contributed by atoms with Gasteiger partial charge in [0.2, 0.25) is 5.91 Å². The predicted octanol–water partition coefficient (Wildman–Crippen LogP) is 5.04. The Kier molecular flexibility index (Phi) is 10.8. The SMILES string of the molecule is O=C(O)C(F)(F)F.O=C(O)C(F)(F)F.O=C1CN(Cc2cc(-c3ccc(Cl)s3)on2)CCN1Cc1cc2cnccc2[nH]1. The predicted molar refractivity (Wildman–Crippen MR) is 139 cm³/mol. The van der Waals surface area contributed by atoms with E-state index in [4.69, 9.17) is 35.9 Å². The van der Waals surface area contributed by atoms with Crippen LogP contribution >= 0.6 is 22.9 Å². The number of fused-ring (bicyclic) bond motifs is 1. The molecule has 19 heteroatoms. The molecule has 0 radical (unpaired) electrons. The highest BCUT2D eigenvalue weighted by Gasteiger charge is 2.38. The number of carbonyl (C=O) groups excluding carboxylic acids is 1. The average Bonchev–Trinajstić information content (AvgIpc) is 3.64. The fourth-order valence-electron chi connectivity index (χ4n) is 3.56. The van der Waals surface area contributed by atoms with Gasteiger partial charge in [0.25, 0.3) is 0 Å². The number of aromatic nitrogens is 3. The number of rotatable bonds is 5. The number of carboxylic acid groups (broad SMARTS) is 2. The maximum Gasteiger partial charge on any atom is 0.490 e. The minimum absolute atomic E-state index is 0.113. The fourth-order valence-corrected chi connectivity index (χ4v) is 4.55. The van der Waals surface area contributed by atoms with E-state index in [9.17, 15) is 31.1 Å². The lowest BCUT2D eigenvalue weighted by Crippen LogP contribution is -2.49. The van der Waals surface area contributed by atoms with Gasteiger partial charge in [-0.25, -0.2) is 9.59 Å². The molecule has 0 spiro atoms. The molecule has 0 aliphatic carbocycles. The zero-order valence-electron chi connectivity index (χ0n) is 21.4.